The van der Waals surface area contributed by atoms with Gasteiger partial charge in [0.2, 0.25) is 5.91 Å². The van der Waals surface area contributed by atoms with Crippen LogP contribution in [0.25, 0.3) is 0 Å². The summed E-state index contributed by atoms with van der Waals surface area (Å²) in [5.41, 5.74) is 5.02. The van der Waals surface area contributed by atoms with E-state index in [0.717, 1.165) is 13.0 Å². The maximum absolute atomic E-state index is 10.4. The summed E-state index contributed by atoms with van der Waals surface area (Å²) >= 11 is 1.99. The molecule has 1 unspecified atom stereocenters. The van der Waals surface area contributed by atoms with Crippen LogP contribution in [0.1, 0.15) is 19.3 Å². The van der Waals surface area contributed by atoms with Crippen LogP contribution in [0.4, 0.5) is 0 Å². The fraction of sp³-hybridized carbons (Fsp3) is 0.875. The summed E-state index contributed by atoms with van der Waals surface area (Å²) in [6.45, 7) is 0.925. The van der Waals surface area contributed by atoms with E-state index in [9.17, 15) is 4.79 Å². The van der Waals surface area contributed by atoms with Crippen LogP contribution in [0.15, 0.2) is 0 Å². The predicted octanol–water partition coefficient (Wildman–Crippen LogP) is 0.347. The molecule has 1 fully saturated rings. The molecule has 1 saturated heterocycles. The van der Waals surface area contributed by atoms with Crippen molar-refractivity contribution in [2.75, 3.05) is 18.1 Å². The molecule has 0 radical (unpaired) electrons. The summed E-state index contributed by atoms with van der Waals surface area (Å²) in [4.78, 5) is 10.4. The van der Waals surface area contributed by atoms with Crippen molar-refractivity contribution < 1.29 is 4.79 Å². The van der Waals surface area contributed by atoms with E-state index in [-0.39, 0.29) is 5.91 Å². The number of nitrogens with two attached hydrogens (primary N) is 1. The van der Waals surface area contributed by atoms with Gasteiger partial charge in [0.1, 0.15) is 0 Å². The molecule has 1 atom stereocenters. The second-order valence-electron chi connectivity index (χ2n) is 3.08. The van der Waals surface area contributed by atoms with E-state index in [4.69, 9.17) is 5.73 Å². The summed E-state index contributed by atoms with van der Waals surface area (Å²) in [7, 11) is 0. The van der Waals surface area contributed by atoms with E-state index >= 15 is 0 Å². The third kappa shape index (κ3) is 3.97. The zero-order valence-electron chi connectivity index (χ0n) is 7.21. The summed E-state index contributed by atoms with van der Waals surface area (Å²) in [6.07, 6.45) is 2.64. The highest BCUT2D eigenvalue weighted by atomic mass is 32.2. The number of rotatable bonds is 5. The van der Waals surface area contributed by atoms with Crippen LogP contribution in [-0.2, 0) is 4.79 Å². The fourth-order valence-corrected chi connectivity index (χ4v) is 2.45. The Morgan fingerprint density at radius 1 is 1.67 bits per heavy atom. The molecule has 0 aliphatic carbocycles. The topological polar surface area (TPSA) is 55.1 Å². The van der Waals surface area contributed by atoms with Crippen LogP contribution in [0.5, 0.6) is 0 Å². The van der Waals surface area contributed by atoms with Crippen molar-refractivity contribution in [3.05, 3.63) is 0 Å². The van der Waals surface area contributed by atoms with E-state index in [0.29, 0.717) is 12.5 Å². The van der Waals surface area contributed by atoms with Crippen molar-refractivity contribution >= 4 is 17.7 Å². The molecular weight excluding hydrogens is 172 g/mol. The van der Waals surface area contributed by atoms with Crippen LogP contribution < -0.4 is 11.1 Å². The van der Waals surface area contributed by atoms with Gasteiger partial charge in [0, 0.05) is 18.2 Å². The molecular formula is C8H16N2OS. The van der Waals surface area contributed by atoms with Gasteiger partial charge in [-0.25, -0.2) is 0 Å². The van der Waals surface area contributed by atoms with Gasteiger partial charge in [-0.3, -0.25) is 4.79 Å². The lowest BCUT2D eigenvalue weighted by Gasteiger charge is -2.09. The van der Waals surface area contributed by atoms with Gasteiger partial charge in [-0.2, -0.15) is 11.8 Å². The third-order valence-corrected chi connectivity index (χ3v) is 3.13. The van der Waals surface area contributed by atoms with Crippen molar-refractivity contribution in [2.45, 2.75) is 25.3 Å². The second-order valence-corrected chi connectivity index (χ2v) is 4.23. The van der Waals surface area contributed by atoms with Gasteiger partial charge in [0.05, 0.1) is 0 Å². The zero-order chi connectivity index (χ0) is 8.81. The smallest absolute Gasteiger partial charge is 0.217 e. The normalized spacial score (nSPS) is 22.8. The van der Waals surface area contributed by atoms with E-state index in [1.165, 1.54) is 17.9 Å². The summed E-state index contributed by atoms with van der Waals surface area (Å²) in [5, 5.41) is 3.41. The Kier molecular flexibility index (Phi) is 4.46. The highest BCUT2D eigenvalue weighted by Crippen LogP contribution is 2.16. The first-order chi connectivity index (χ1) is 5.79. The van der Waals surface area contributed by atoms with E-state index in [1.807, 2.05) is 11.8 Å². The SMILES string of the molecule is NC(=O)CCCNC1CCSC1. The molecule has 0 aromatic rings. The second kappa shape index (κ2) is 5.43. The maximum atomic E-state index is 10.4. The van der Waals surface area contributed by atoms with Gasteiger partial charge in [0.25, 0.3) is 0 Å². The van der Waals surface area contributed by atoms with Crippen molar-refractivity contribution in [3.63, 3.8) is 0 Å². The summed E-state index contributed by atoms with van der Waals surface area (Å²) in [6, 6.07) is 0.669. The minimum absolute atomic E-state index is 0.197. The first kappa shape index (κ1) is 9.86. The lowest BCUT2D eigenvalue weighted by atomic mass is 10.2. The first-order valence-corrected chi connectivity index (χ1v) is 5.54. The molecule has 1 amide bonds. The molecule has 12 heavy (non-hydrogen) atoms. The Morgan fingerprint density at radius 2 is 2.50 bits per heavy atom. The number of hydrogen-bond acceptors (Lipinski definition) is 3. The van der Waals surface area contributed by atoms with Crippen molar-refractivity contribution in [2.24, 2.45) is 5.73 Å². The van der Waals surface area contributed by atoms with Crippen LogP contribution in [-0.4, -0.2) is 30.0 Å². The van der Waals surface area contributed by atoms with E-state index in [1.54, 1.807) is 0 Å². The standard InChI is InChI=1S/C8H16N2OS/c9-8(11)2-1-4-10-7-3-5-12-6-7/h7,10H,1-6H2,(H2,9,11). The molecule has 70 valence electrons. The monoisotopic (exact) mass is 188 g/mol. The summed E-state index contributed by atoms with van der Waals surface area (Å²) in [5.74, 6) is 2.29. The lowest BCUT2D eigenvalue weighted by molar-refractivity contribution is -0.118. The molecule has 3 N–H and O–H groups in total. The van der Waals surface area contributed by atoms with Gasteiger partial charge in [-0.1, -0.05) is 0 Å². The van der Waals surface area contributed by atoms with E-state index in [2.05, 4.69) is 5.32 Å². The number of primary amides is 1. The van der Waals surface area contributed by atoms with Gasteiger partial charge in [-0.05, 0) is 25.1 Å². The Balaban J connectivity index is 1.91. The average Bonchev–Trinajstić information content (AvgIpc) is 2.49. The Hall–Kier alpha value is -0.220. The zero-order valence-corrected chi connectivity index (χ0v) is 8.03. The molecule has 4 heteroatoms. The van der Waals surface area contributed by atoms with E-state index < -0.39 is 0 Å². The molecule has 1 heterocycles. The van der Waals surface area contributed by atoms with Gasteiger partial charge < -0.3 is 11.1 Å². The summed E-state index contributed by atoms with van der Waals surface area (Å²) < 4.78 is 0. The Labute approximate surface area is 77.5 Å². The number of thioether (sulfide) groups is 1. The molecule has 3 nitrogen and oxygen atoms in total. The highest BCUT2D eigenvalue weighted by molar-refractivity contribution is 7.99. The molecule has 0 saturated carbocycles. The molecule has 0 spiro atoms. The third-order valence-electron chi connectivity index (χ3n) is 1.96. The van der Waals surface area contributed by atoms with Crippen LogP contribution >= 0.6 is 11.8 Å². The number of carbonyl (C=O) groups excluding carboxylic acids is 1. The van der Waals surface area contributed by atoms with Crippen LogP contribution in [0.2, 0.25) is 0 Å². The van der Waals surface area contributed by atoms with Crippen molar-refractivity contribution in [1.82, 2.24) is 5.32 Å². The maximum Gasteiger partial charge on any atom is 0.217 e. The number of nitrogens with one attached hydrogen (secondary N) is 1. The Bertz CT molecular complexity index is 146. The number of amides is 1. The molecule has 0 aromatic carbocycles. The minimum atomic E-state index is -0.197. The molecule has 1 rings (SSSR count). The molecule has 0 aromatic heterocycles. The van der Waals surface area contributed by atoms with Crippen LogP contribution in [0, 0.1) is 0 Å². The average molecular weight is 188 g/mol. The van der Waals surface area contributed by atoms with Gasteiger partial charge >= 0.3 is 0 Å². The first-order valence-electron chi connectivity index (χ1n) is 4.38. The fourth-order valence-electron chi connectivity index (χ4n) is 1.26. The molecule has 1 aliphatic rings. The van der Waals surface area contributed by atoms with Gasteiger partial charge in [-0.15, -0.1) is 0 Å². The van der Waals surface area contributed by atoms with Crippen LogP contribution in [0.3, 0.4) is 0 Å². The number of carbonyl (C=O) groups is 1. The lowest BCUT2D eigenvalue weighted by Crippen LogP contribution is -2.30. The predicted molar refractivity (Wildman–Crippen MR) is 52.2 cm³/mol. The quantitative estimate of drug-likeness (QED) is 0.612. The Morgan fingerprint density at radius 3 is 3.08 bits per heavy atom. The van der Waals surface area contributed by atoms with Gasteiger partial charge in [0.15, 0.2) is 0 Å². The molecule has 1 aliphatic heterocycles. The van der Waals surface area contributed by atoms with Crippen molar-refractivity contribution in [3.8, 4) is 0 Å². The number of hydrogen-bond donors (Lipinski definition) is 2. The van der Waals surface area contributed by atoms with Crippen molar-refractivity contribution in [1.29, 1.82) is 0 Å². The molecule has 0 bridgehead atoms. The minimum Gasteiger partial charge on any atom is -0.370 e. The highest BCUT2D eigenvalue weighted by Gasteiger charge is 2.13. The largest absolute Gasteiger partial charge is 0.370 e.